The van der Waals surface area contributed by atoms with E-state index in [9.17, 15) is 9.59 Å². The Labute approximate surface area is 127 Å². The van der Waals surface area contributed by atoms with Gasteiger partial charge in [0.05, 0.1) is 18.0 Å². The smallest absolute Gasteiger partial charge is 0.319 e. The number of rotatable bonds is 6. The highest BCUT2D eigenvalue weighted by atomic mass is 32.1. The van der Waals surface area contributed by atoms with Crippen LogP contribution in [0.3, 0.4) is 0 Å². The number of hydrogen-bond donors (Lipinski definition) is 0. The maximum Gasteiger partial charge on any atom is 0.319 e. The van der Waals surface area contributed by atoms with Crippen LogP contribution in [0, 0.1) is 5.41 Å². The standard InChI is InChI=1S/C15H18N2O3S/c1-4-20-14(19)15(2,3)12(18)10-17-8-7-16-13(17)11-6-5-9-21-11/h5-9H,4,10H2,1-3H3. The molecule has 5 nitrogen and oxygen atoms in total. The normalized spacial score (nSPS) is 11.4. The monoisotopic (exact) mass is 306 g/mol. The average molecular weight is 306 g/mol. The number of nitrogens with zero attached hydrogens (tertiary/aromatic N) is 2. The molecule has 0 unspecified atom stereocenters. The third-order valence-electron chi connectivity index (χ3n) is 3.25. The molecule has 0 spiro atoms. The van der Waals surface area contributed by atoms with Crippen molar-refractivity contribution in [2.45, 2.75) is 27.3 Å². The summed E-state index contributed by atoms with van der Waals surface area (Å²) in [5, 5.41) is 1.96. The largest absolute Gasteiger partial charge is 0.465 e. The second-order valence-corrected chi connectivity index (χ2v) is 6.07. The van der Waals surface area contributed by atoms with Crippen LogP contribution in [0.25, 0.3) is 10.7 Å². The van der Waals surface area contributed by atoms with E-state index in [-0.39, 0.29) is 18.9 Å². The molecule has 0 aromatic carbocycles. The van der Waals surface area contributed by atoms with E-state index in [4.69, 9.17) is 4.74 Å². The molecule has 0 aliphatic carbocycles. The van der Waals surface area contributed by atoms with Crippen LogP contribution in [0.4, 0.5) is 0 Å². The van der Waals surface area contributed by atoms with Crippen LogP contribution < -0.4 is 0 Å². The number of imidazole rings is 1. The average Bonchev–Trinajstić information content (AvgIpc) is 3.08. The summed E-state index contributed by atoms with van der Waals surface area (Å²) < 4.78 is 6.73. The van der Waals surface area contributed by atoms with Crippen molar-refractivity contribution in [2.75, 3.05) is 6.61 Å². The van der Waals surface area contributed by atoms with Gasteiger partial charge in [-0.3, -0.25) is 9.59 Å². The summed E-state index contributed by atoms with van der Waals surface area (Å²) in [5.74, 6) is 0.0440. The van der Waals surface area contributed by atoms with Crippen LogP contribution in [0.5, 0.6) is 0 Å². The van der Waals surface area contributed by atoms with E-state index in [1.807, 2.05) is 17.5 Å². The van der Waals surface area contributed by atoms with Crippen LogP contribution in [-0.2, 0) is 20.9 Å². The molecular formula is C15H18N2O3S. The lowest BCUT2D eigenvalue weighted by Gasteiger charge is -2.21. The van der Waals surface area contributed by atoms with Crippen molar-refractivity contribution in [1.29, 1.82) is 0 Å². The number of thiophene rings is 1. The fourth-order valence-electron chi connectivity index (χ4n) is 1.85. The molecule has 0 fully saturated rings. The minimum absolute atomic E-state index is 0.0963. The van der Waals surface area contributed by atoms with E-state index in [1.165, 1.54) is 0 Å². The molecular weight excluding hydrogens is 288 g/mol. The minimum Gasteiger partial charge on any atom is -0.465 e. The van der Waals surface area contributed by atoms with Crippen molar-refractivity contribution in [3.8, 4) is 10.7 Å². The van der Waals surface area contributed by atoms with Crippen molar-refractivity contribution < 1.29 is 14.3 Å². The van der Waals surface area contributed by atoms with Crippen molar-refractivity contribution in [3.05, 3.63) is 29.9 Å². The highest BCUT2D eigenvalue weighted by Crippen LogP contribution is 2.25. The van der Waals surface area contributed by atoms with Gasteiger partial charge in [-0.1, -0.05) is 6.07 Å². The van der Waals surface area contributed by atoms with Crippen LogP contribution in [0.15, 0.2) is 29.9 Å². The summed E-state index contributed by atoms with van der Waals surface area (Å²) in [4.78, 5) is 29.6. The van der Waals surface area contributed by atoms with Gasteiger partial charge in [0.25, 0.3) is 0 Å². The molecule has 2 aromatic rings. The van der Waals surface area contributed by atoms with E-state index in [2.05, 4.69) is 4.98 Å². The van der Waals surface area contributed by atoms with Gasteiger partial charge < -0.3 is 9.30 Å². The van der Waals surface area contributed by atoms with Crippen LogP contribution in [0.1, 0.15) is 20.8 Å². The van der Waals surface area contributed by atoms with Gasteiger partial charge in [-0.15, -0.1) is 11.3 Å². The zero-order chi connectivity index (χ0) is 15.5. The first-order valence-electron chi connectivity index (χ1n) is 6.72. The Morgan fingerprint density at radius 1 is 1.43 bits per heavy atom. The van der Waals surface area contributed by atoms with Gasteiger partial charge in [0, 0.05) is 12.4 Å². The van der Waals surface area contributed by atoms with Gasteiger partial charge in [0.1, 0.15) is 11.2 Å². The van der Waals surface area contributed by atoms with E-state index < -0.39 is 11.4 Å². The van der Waals surface area contributed by atoms with Gasteiger partial charge in [0.15, 0.2) is 5.78 Å². The van der Waals surface area contributed by atoms with Crippen molar-refractivity contribution in [3.63, 3.8) is 0 Å². The first-order chi connectivity index (χ1) is 9.96. The minimum atomic E-state index is -1.16. The molecule has 0 saturated heterocycles. The highest BCUT2D eigenvalue weighted by molar-refractivity contribution is 7.13. The molecule has 0 atom stereocenters. The first kappa shape index (κ1) is 15.4. The Balaban J connectivity index is 2.17. The molecule has 0 bridgehead atoms. The fourth-order valence-corrected chi connectivity index (χ4v) is 2.58. The second kappa shape index (κ2) is 6.22. The quantitative estimate of drug-likeness (QED) is 0.608. The van der Waals surface area contributed by atoms with Gasteiger partial charge >= 0.3 is 5.97 Å². The summed E-state index contributed by atoms with van der Waals surface area (Å²) in [7, 11) is 0. The van der Waals surface area contributed by atoms with Gasteiger partial charge in [-0.25, -0.2) is 4.98 Å². The number of esters is 1. The lowest BCUT2D eigenvalue weighted by molar-refractivity contribution is -0.158. The summed E-state index contributed by atoms with van der Waals surface area (Å²) >= 11 is 1.56. The van der Waals surface area contributed by atoms with E-state index in [1.54, 1.807) is 49.1 Å². The van der Waals surface area contributed by atoms with E-state index in [0.717, 1.165) is 10.7 Å². The molecule has 2 rings (SSSR count). The zero-order valence-corrected chi connectivity index (χ0v) is 13.1. The molecule has 0 aliphatic rings. The number of carbonyl (C=O) groups excluding carboxylic acids is 2. The number of carbonyl (C=O) groups is 2. The third kappa shape index (κ3) is 3.21. The zero-order valence-electron chi connectivity index (χ0n) is 12.3. The Morgan fingerprint density at radius 2 is 2.19 bits per heavy atom. The van der Waals surface area contributed by atoms with Gasteiger partial charge in [0.2, 0.25) is 0 Å². The van der Waals surface area contributed by atoms with Crippen LogP contribution >= 0.6 is 11.3 Å². The second-order valence-electron chi connectivity index (χ2n) is 5.12. The lowest BCUT2D eigenvalue weighted by Crippen LogP contribution is -2.37. The molecule has 21 heavy (non-hydrogen) atoms. The van der Waals surface area contributed by atoms with Crippen molar-refractivity contribution in [1.82, 2.24) is 9.55 Å². The first-order valence-corrected chi connectivity index (χ1v) is 7.60. The SMILES string of the molecule is CCOC(=O)C(C)(C)C(=O)Cn1ccnc1-c1cccs1. The fraction of sp³-hybridized carbons (Fsp3) is 0.400. The molecule has 0 N–H and O–H groups in total. The number of hydrogen-bond acceptors (Lipinski definition) is 5. The lowest BCUT2D eigenvalue weighted by atomic mass is 9.88. The van der Waals surface area contributed by atoms with E-state index in [0.29, 0.717) is 0 Å². The number of ketones is 1. The predicted molar refractivity (Wildman–Crippen MR) is 81.0 cm³/mol. The third-order valence-corrected chi connectivity index (χ3v) is 4.12. The molecule has 0 amide bonds. The van der Waals surface area contributed by atoms with Gasteiger partial charge in [-0.2, -0.15) is 0 Å². The molecule has 6 heteroatoms. The Bertz CT molecular complexity index is 629. The number of Topliss-reactive ketones (excluding diaryl/α,β-unsaturated/α-hetero) is 1. The Morgan fingerprint density at radius 3 is 2.81 bits per heavy atom. The summed E-state index contributed by atoms with van der Waals surface area (Å²) in [6, 6.07) is 3.88. The van der Waals surface area contributed by atoms with Gasteiger partial charge in [-0.05, 0) is 32.2 Å². The maximum absolute atomic E-state index is 12.4. The molecule has 0 radical (unpaired) electrons. The molecule has 2 aromatic heterocycles. The summed E-state index contributed by atoms with van der Waals surface area (Å²) in [6.07, 6.45) is 3.40. The number of ether oxygens (including phenoxy) is 1. The molecule has 0 saturated carbocycles. The Hall–Kier alpha value is -1.95. The molecule has 2 heterocycles. The summed E-state index contributed by atoms with van der Waals surface area (Å²) in [5.41, 5.74) is -1.16. The predicted octanol–water partition coefficient (Wildman–Crippen LogP) is 2.77. The molecule has 0 aliphatic heterocycles. The topological polar surface area (TPSA) is 61.2 Å². The van der Waals surface area contributed by atoms with E-state index >= 15 is 0 Å². The van der Waals surface area contributed by atoms with Crippen molar-refractivity contribution in [2.24, 2.45) is 5.41 Å². The van der Waals surface area contributed by atoms with Crippen molar-refractivity contribution >= 4 is 23.1 Å². The van der Waals surface area contributed by atoms with Crippen LogP contribution in [-0.4, -0.2) is 27.9 Å². The highest BCUT2D eigenvalue weighted by Gasteiger charge is 2.37. The molecule has 112 valence electrons. The van der Waals surface area contributed by atoms with Crippen LogP contribution in [0.2, 0.25) is 0 Å². The number of aromatic nitrogens is 2. The Kier molecular flexibility index (Phi) is 4.57. The summed E-state index contributed by atoms with van der Waals surface area (Å²) in [6.45, 7) is 5.27. The maximum atomic E-state index is 12.4.